The van der Waals surface area contributed by atoms with Crippen LogP contribution in [0.1, 0.15) is 6.92 Å². The van der Waals surface area contributed by atoms with Crippen LogP contribution in [0.25, 0.3) is 0 Å². The van der Waals surface area contributed by atoms with Crippen molar-refractivity contribution < 1.29 is 22.7 Å². The molecule has 2 nitrogen and oxygen atoms in total. The van der Waals surface area contributed by atoms with Gasteiger partial charge in [-0.15, -0.1) is 11.6 Å². The summed E-state index contributed by atoms with van der Waals surface area (Å²) in [5, 5.41) is -2.55. The van der Waals surface area contributed by atoms with Gasteiger partial charge in [-0.1, -0.05) is 0 Å². The van der Waals surface area contributed by atoms with Crippen molar-refractivity contribution in [2.75, 3.05) is 6.61 Å². The van der Waals surface area contributed by atoms with E-state index in [1.165, 1.54) is 6.92 Å². The van der Waals surface area contributed by atoms with Crippen molar-refractivity contribution in [3.8, 4) is 0 Å². The van der Waals surface area contributed by atoms with Gasteiger partial charge < -0.3 is 4.74 Å². The van der Waals surface area contributed by atoms with Gasteiger partial charge in [0.25, 0.3) is 0 Å². The van der Waals surface area contributed by atoms with Crippen molar-refractivity contribution in [1.29, 1.82) is 0 Å². The van der Waals surface area contributed by atoms with Gasteiger partial charge in [-0.25, -0.2) is 0 Å². The first-order valence-electron chi connectivity index (χ1n) is 2.77. The quantitative estimate of drug-likeness (QED) is 0.490. The van der Waals surface area contributed by atoms with Crippen LogP contribution in [-0.2, 0) is 9.53 Å². The monoisotopic (exact) mass is 190 g/mol. The standard InChI is InChI=1S/C5H6ClF3O2/c1-2-11-4(10)3(6)5(7,8)9/h3H,2H2,1H3/t3-/m1/s1. The molecule has 0 heterocycles. The van der Waals surface area contributed by atoms with Crippen molar-refractivity contribution in [1.82, 2.24) is 0 Å². The number of alkyl halides is 4. The van der Waals surface area contributed by atoms with Gasteiger partial charge in [0.15, 0.2) is 0 Å². The zero-order valence-corrected chi connectivity index (χ0v) is 6.37. The molecule has 0 radical (unpaired) electrons. The van der Waals surface area contributed by atoms with E-state index in [0.29, 0.717) is 0 Å². The summed E-state index contributed by atoms with van der Waals surface area (Å²) in [5.74, 6) is -1.46. The molecule has 0 bridgehead atoms. The highest BCUT2D eigenvalue weighted by atomic mass is 35.5. The van der Waals surface area contributed by atoms with Crippen LogP contribution in [0.2, 0.25) is 0 Å². The van der Waals surface area contributed by atoms with Gasteiger partial charge >= 0.3 is 12.1 Å². The Morgan fingerprint density at radius 3 is 2.36 bits per heavy atom. The van der Waals surface area contributed by atoms with E-state index in [9.17, 15) is 18.0 Å². The summed E-state index contributed by atoms with van der Waals surface area (Å²) in [4.78, 5) is 10.3. The average molecular weight is 191 g/mol. The Hall–Kier alpha value is -0.450. The molecule has 0 unspecified atom stereocenters. The largest absolute Gasteiger partial charge is 0.465 e. The molecule has 11 heavy (non-hydrogen) atoms. The minimum absolute atomic E-state index is 0.113. The Balaban J connectivity index is 4.03. The highest BCUT2D eigenvalue weighted by Gasteiger charge is 2.44. The van der Waals surface area contributed by atoms with Crippen molar-refractivity contribution >= 4 is 17.6 Å². The number of hydrogen-bond acceptors (Lipinski definition) is 2. The first-order chi connectivity index (χ1) is 4.89. The van der Waals surface area contributed by atoms with Gasteiger partial charge in [-0.3, -0.25) is 4.79 Å². The molecule has 0 spiro atoms. The first kappa shape index (κ1) is 10.6. The second-order valence-electron chi connectivity index (χ2n) is 1.66. The van der Waals surface area contributed by atoms with Gasteiger partial charge in [0.2, 0.25) is 5.38 Å². The Labute approximate surface area is 66.3 Å². The van der Waals surface area contributed by atoms with Crippen molar-refractivity contribution in [2.24, 2.45) is 0 Å². The molecule has 0 saturated heterocycles. The Bertz CT molecular complexity index is 145. The summed E-state index contributed by atoms with van der Waals surface area (Å²) in [6, 6.07) is 0. The summed E-state index contributed by atoms with van der Waals surface area (Å²) in [7, 11) is 0. The number of rotatable bonds is 2. The van der Waals surface area contributed by atoms with Gasteiger partial charge in [-0.05, 0) is 6.92 Å². The predicted octanol–water partition coefficient (Wildman–Crippen LogP) is 1.72. The molecule has 0 N–H and O–H groups in total. The fourth-order valence-corrected chi connectivity index (χ4v) is 0.412. The highest BCUT2D eigenvalue weighted by molar-refractivity contribution is 6.30. The van der Waals surface area contributed by atoms with Crippen LogP contribution in [0, 0.1) is 0 Å². The average Bonchev–Trinajstić information content (AvgIpc) is 1.85. The molecule has 0 saturated carbocycles. The Kier molecular flexibility index (Phi) is 3.65. The van der Waals surface area contributed by atoms with Crippen LogP contribution in [-0.4, -0.2) is 24.1 Å². The summed E-state index contributed by atoms with van der Waals surface area (Å²) in [5.41, 5.74) is 0. The Morgan fingerprint density at radius 1 is 1.64 bits per heavy atom. The van der Waals surface area contributed by atoms with Gasteiger partial charge in [0.05, 0.1) is 6.61 Å². The van der Waals surface area contributed by atoms with Crippen LogP contribution in [0.15, 0.2) is 0 Å². The summed E-state index contributed by atoms with van der Waals surface area (Å²) in [6.45, 7) is 1.29. The molecule has 0 aliphatic carbocycles. The molecular weight excluding hydrogens is 184 g/mol. The second-order valence-corrected chi connectivity index (χ2v) is 2.09. The smallest absolute Gasteiger partial charge is 0.415 e. The molecule has 1 atom stereocenters. The fraction of sp³-hybridized carbons (Fsp3) is 0.800. The molecule has 0 aromatic heterocycles. The number of hydrogen-bond donors (Lipinski definition) is 0. The molecule has 0 fully saturated rings. The van der Waals surface area contributed by atoms with Crippen LogP contribution in [0.3, 0.4) is 0 Å². The van der Waals surface area contributed by atoms with E-state index in [1.54, 1.807) is 0 Å². The second kappa shape index (κ2) is 3.80. The van der Waals surface area contributed by atoms with Crippen LogP contribution >= 0.6 is 11.6 Å². The van der Waals surface area contributed by atoms with E-state index in [-0.39, 0.29) is 6.61 Å². The summed E-state index contributed by atoms with van der Waals surface area (Å²) < 4.78 is 38.8. The van der Waals surface area contributed by atoms with Crippen LogP contribution in [0.5, 0.6) is 0 Å². The molecule has 0 aliphatic rings. The number of ether oxygens (including phenoxy) is 1. The van der Waals surface area contributed by atoms with Gasteiger partial charge in [0, 0.05) is 0 Å². The van der Waals surface area contributed by atoms with E-state index >= 15 is 0 Å². The lowest BCUT2D eigenvalue weighted by Crippen LogP contribution is -2.33. The number of carbonyl (C=O) groups is 1. The normalized spacial score (nSPS) is 14.3. The zero-order valence-electron chi connectivity index (χ0n) is 5.61. The third-order valence-corrected chi connectivity index (χ3v) is 1.21. The number of halogens is 4. The van der Waals surface area contributed by atoms with E-state index < -0.39 is 17.5 Å². The van der Waals surface area contributed by atoms with Crippen molar-refractivity contribution in [3.05, 3.63) is 0 Å². The third kappa shape index (κ3) is 3.46. The van der Waals surface area contributed by atoms with Crippen LogP contribution < -0.4 is 0 Å². The lowest BCUT2D eigenvalue weighted by molar-refractivity contribution is -0.168. The van der Waals surface area contributed by atoms with E-state index in [4.69, 9.17) is 0 Å². The summed E-state index contributed by atoms with van der Waals surface area (Å²) >= 11 is 4.69. The van der Waals surface area contributed by atoms with Crippen molar-refractivity contribution in [2.45, 2.75) is 18.5 Å². The predicted molar refractivity (Wildman–Crippen MR) is 32.3 cm³/mol. The fourth-order valence-electron chi connectivity index (χ4n) is 0.349. The van der Waals surface area contributed by atoms with Gasteiger partial charge in [-0.2, -0.15) is 13.2 Å². The molecule has 0 aliphatic heterocycles. The number of carbonyl (C=O) groups excluding carboxylic acids is 1. The zero-order chi connectivity index (χ0) is 9.07. The maximum absolute atomic E-state index is 11.6. The SMILES string of the molecule is CCOC(=O)[C@@H](Cl)C(F)(F)F. The number of esters is 1. The van der Waals surface area contributed by atoms with E-state index in [1.807, 2.05) is 0 Å². The summed E-state index contributed by atoms with van der Waals surface area (Å²) in [6.07, 6.45) is -4.73. The molecule has 66 valence electrons. The maximum Gasteiger partial charge on any atom is 0.415 e. The van der Waals surface area contributed by atoms with Gasteiger partial charge in [0.1, 0.15) is 0 Å². The molecule has 0 aromatic rings. The van der Waals surface area contributed by atoms with Crippen molar-refractivity contribution in [3.63, 3.8) is 0 Å². The van der Waals surface area contributed by atoms with Crippen LogP contribution in [0.4, 0.5) is 13.2 Å². The minimum Gasteiger partial charge on any atom is -0.465 e. The van der Waals surface area contributed by atoms with E-state index in [0.717, 1.165) is 0 Å². The molecular formula is C5H6ClF3O2. The minimum atomic E-state index is -4.73. The highest BCUT2D eigenvalue weighted by Crippen LogP contribution is 2.25. The molecule has 0 aromatic carbocycles. The maximum atomic E-state index is 11.6. The molecule has 0 amide bonds. The third-order valence-electron chi connectivity index (χ3n) is 0.781. The first-order valence-corrected chi connectivity index (χ1v) is 3.20. The van der Waals surface area contributed by atoms with E-state index in [2.05, 4.69) is 16.3 Å². The lowest BCUT2D eigenvalue weighted by Gasteiger charge is -2.11. The Morgan fingerprint density at radius 2 is 2.09 bits per heavy atom. The lowest BCUT2D eigenvalue weighted by atomic mass is 10.4. The topological polar surface area (TPSA) is 26.3 Å². The molecule has 6 heteroatoms. The molecule has 0 rings (SSSR count).